The van der Waals surface area contributed by atoms with Gasteiger partial charge in [-0.25, -0.2) is 9.67 Å². The summed E-state index contributed by atoms with van der Waals surface area (Å²) in [4.78, 5) is 30.2. The minimum Gasteiger partial charge on any atom is -0.360 e. The maximum atomic E-state index is 13.0. The van der Waals surface area contributed by atoms with E-state index >= 15 is 0 Å². The zero-order valence-corrected chi connectivity index (χ0v) is 21.1. The lowest BCUT2D eigenvalue weighted by Gasteiger charge is -2.10. The molecule has 200 valence electrons. The van der Waals surface area contributed by atoms with Gasteiger partial charge in [-0.15, -0.1) is 0 Å². The molecular formula is C26H20ClF3N6O3. The van der Waals surface area contributed by atoms with Crippen LogP contribution < -0.4 is 10.9 Å². The number of carbonyl (C=O) groups excluding carboxylic acids is 1. The molecule has 2 aromatic carbocycles. The smallest absolute Gasteiger partial charge is 0.360 e. The Hall–Kier alpha value is -4.45. The second-order valence-electron chi connectivity index (χ2n) is 8.68. The van der Waals surface area contributed by atoms with Crippen molar-refractivity contribution in [3.05, 3.63) is 98.9 Å². The molecule has 0 spiro atoms. The van der Waals surface area contributed by atoms with Crippen LogP contribution >= 0.6 is 11.6 Å². The molecule has 9 nitrogen and oxygen atoms in total. The molecule has 0 saturated heterocycles. The molecule has 3 aromatic heterocycles. The highest BCUT2D eigenvalue weighted by atomic mass is 35.5. The van der Waals surface area contributed by atoms with Gasteiger partial charge in [-0.3, -0.25) is 14.2 Å². The van der Waals surface area contributed by atoms with Crippen molar-refractivity contribution in [3.63, 3.8) is 0 Å². The Labute approximate surface area is 223 Å². The molecule has 39 heavy (non-hydrogen) atoms. The Balaban J connectivity index is 1.30. The zero-order valence-electron chi connectivity index (χ0n) is 20.4. The summed E-state index contributed by atoms with van der Waals surface area (Å²) in [5.74, 6) is -0.0912. The van der Waals surface area contributed by atoms with Crippen LogP contribution in [0, 0.1) is 6.92 Å². The first kappa shape index (κ1) is 26.2. The first-order valence-corrected chi connectivity index (χ1v) is 12.1. The van der Waals surface area contributed by atoms with Crippen molar-refractivity contribution < 1.29 is 22.5 Å². The van der Waals surface area contributed by atoms with Gasteiger partial charge in [-0.1, -0.05) is 47.1 Å². The SMILES string of the molecule is Cc1onc(-c2ccccc2Cl)c1C(=O)NCCn1ncc2c(=O)n(Cc3cccc(C(F)(F)F)c3)cnc21. The van der Waals surface area contributed by atoms with E-state index in [1.165, 1.54) is 33.9 Å². The molecule has 5 rings (SSSR count). The number of aromatic nitrogens is 5. The lowest BCUT2D eigenvalue weighted by atomic mass is 10.1. The molecule has 0 radical (unpaired) electrons. The van der Waals surface area contributed by atoms with Crippen LogP contribution in [0.1, 0.15) is 27.2 Å². The van der Waals surface area contributed by atoms with Gasteiger partial charge in [0.1, 0.15) is 28.7 Å². The van der Waals surface area contributed by atoms with Gasteiger partial charge in [0.2, 0.25) is 0 Å². The maximum Gasteiger partial charge on any atom is 0.416 e. The minimum atomic E-state index is -4.48. The van der Waals surface area contributed by atoms with Crippen LogP contribution in [0.2, 0.25) is 5.02 Å². The quantitative estimate of drug-likeness (QED) is 0.311. The van der Waals surface area contributed by atoms with Gasteiger partial charge in [0.05, 0.1) is 29.9 Å². The summed E-state index contributed by atoms with van der Waals surface area (Å²) in [5, 5.41) is 11.6. The second-order valence-corrected chi connectivity index (χ2v) is 9.09. The summed E-state index contributed by atoms with van der Waals surface area (Å²) in [6.45, 7) is 1.89. The third-order valence-electron chi connectivity index (χ3n) is 6.06. The first-order chi connectivity index (χ1) is 18.6. The number of alkyl halides is 3. The molecule has 0 aliphatic carbocycles. The van der Waals surface area contributed by atoms with E-state index in [4.69, 9.17) is 16.1 Å². The first-order valence-electron chi connectivity index (χ1n) is 11.7. The van der Waals surface area contributed by atoms with E-state index in [0.717, 1.165) is 12.1 Å². The molecule has 3 heterocycles. The molecule has 1 amide bonds. The summed E-state index contributed by atoms with van der Waals surface area (Å²) in [6.07, 6.45) is -1.88. The van der Waals surface area contributed by atoms with Gasteiger partial charge < -0.3 is 9.84 Å². The van der Waals surface area contributed by atoms with E-state index in [-0.39, 0.29) is 36.2 Å². The summed E-state index contributed by atoms with van der Waals surface area (Å²) in [5.41, 5.74) is 0.488. The lowest BCUT2D eigenvalue weighted by Crippen LogP contribution is -2.28. The van der Waals surface area contributed by atoms with Gasteiger partial charge >= 0.3 is 6.18 Å². The van der Waals surface area contributed by atoms with Gasteiger partial charge in [0.25, 0.3) is 11.5 Å². The average molecular weight is 557 g/mol. The second kappa shape index (κ2) is 10.4. The van der Waals surface area contributed by atoms with Crippen LogP contribution in [-0.4, -0.2) is 36.9 Å². The molecule has 5 aromatic rings. The Morgan fingerprint density at radius 3 is 2.72 bits per heavy atom. The predicted molar refractivity (Wildman–Crippen MR) is 136 cm³/mol. The number of nitrogens with one attached hydrogen (secondary N) is 1. The van der Waals surface area contributed by atoms with E-state index in [1.54, 1.807) is 31.2 Å². The van der Waals surface area contributed by atoms with Gasteiger partial charge in [-0.2, -0.15) is 18.3 Å². The van der Waals surface area contributed by atoms with E-state index in [0.29, 0.717) is 27.6 Å². The molecule has 0 atom stereocenters. The largest absolute Gasteiger partial charge is 0.416 e. The summed E-state index contributed by atoms with van der Waals surface area (Å²) in [7, 11) is 0. The van der Waals surface area contributed by atoms with E-state index < -0.39 is 23.2 Å². The van der Waals surface area contributed by atoms with Crippen LogP contribution in [-0.2, 0) is 19.3 Å². The molecule has 1 N–H and O–H groups in total. The van der Waals surface area contributed by atoms with Gasteiger partial charge in [-0.05, 0) is 30.7 Å². The number of nitrogens with zero attached hydrogens (tertiary/aromatic N) is 5. The average Bonchev–Trinajstić information content (AvgIpc) is 3.49. The van der Waals surface area contributed by atoms with Gasteiger partial charge in [0.15, 0.2) is 5.65 Å². The third-order valence-corrected chi connectivity index (χ3v) is 6.39. The Morgan fingerprint density at radius 2 is 1.95 bits per heavy atom. The standard InChI is InChI=1S/C26H20ClF3N6O3/c1-15-21(22(34-39-15)18-7-2-3-8-20(18)27)24(37)31-9-10-36-23-19(12-33-36)25(38)35(14-32-23)13-16-5-4-6-17(11-16)26(28,29)30/h2-8,11-12,14H,9-10,13H2,1H3,(H,31,37). The number of carbonyl (C=O) groups is 1. The summed E-state index contributed by atoms with van der Waals surface area (Å²) < 4.78 is 47.0. The van der Waals surface area contributed by atoms with E-state index in [2.05, 4.69) is 20.6 Å². The minimum absolute atomic E-state index is 0.0845. The Morgan fingerprint density at radius 1 is 1.15 bits per heavy atom. The molecular weight excluding hydrogens is 537 g/mol. The zero-order chi connectivity index (χ0) is 27.7. The van der Waals surface area contributed by atoms with Gasteiger partial charge in [0, 0.05) is 12.1 Å². The normalized spacial score (nSPS) is 11.7. The molecule has 0 aliphatic rings. The van der Waals surface area contributed by atoms with Crippen LogP contribution in [0.15, 0.2) is 70.4 Å². The van der Waals surface area contributed by atoms with Crippen molar-refractivity contribution in [3.8, 4) is 11.3 Å². The number of halogens is 4. The van der Waals surface area contributed by atoms with Crippen molar-refractivity contribution in [2.75, 3.05) is 6.54 Å². The van der Waals surface area contributed by atoms with Crippen LogP contribution in [0.3, 0.4) is 0 Å². The summed E-state index contributed by atoms with van der Waals surface area (Å²) in [6, 6.07) is 11.7. The molecule has 0 saturated carbocycles. The Bertz CT molecular complexity index is 1740. The fraction of sp³-hybridized carbons (Fsp3) is 0.192. The van der Waals surface area contributed by atoms with E-state index in [1.807, 2.05) is 0 Å². The lowest BCUT2D eigenvalue weighted by molar-refractivity contribution is -0.137. The highest BCUT2D eigenvalue weighted by Crippen LogP contribution is 2.31. The topological polar surface area (TPSA) is 108 Å². The molecule has 0 fully saturated rings. The van der Waals surface area contributed by atoms with Crippen LogP contribution in [0.5, 0.6) is 0 Å². The fourth-order valence-corrected chi connectivity index (χ4v) is 4.38. The monoisotopic (exact) mass is 556 g/mol. The fourth-order valence-electron chi connectivity index (χ4n) is 4.16. The highest BCUT2D eigenvalue weighted by molar-refractivity contribution is 6.33. The molecule has 0 unspecified atom stereocenters. The van der Waals surface area contributed by atoms with Crippen molar-refractivity contribution in [2.24, 2.45) is 0 Å². The third kappa shape index (κ3) is 5.28. The molecule has 13 heteroatoms. The summed E-state index contributed by atoms with van der Waals surface area (Å²) >= 11 is 6.26. The van der Waals surface area contributed by atoms with Crippen molar-refractivity contribution >= 4 is 28.5 Å². The van der Waals surface area contributed by atoms with Crippen LogP contribution in [0.25, 0.3) is 22.3 Å². The predicted octanol–water partition coefficient (Wildman–Crippen LogP) is 4.71. The van der Waals surface area contributed by atoms with Crippen molar-refractivity contribution in [1.82, 2.24) is 29.8 Å². The number of hydrogen-bond donors (Lipinski definition) is 1. The van der Waals surface area contributed by atoms with Crippen molar-refractivity contribution in [2.45, 2.75) is 26.2 Å². The molecule has 0 bridgehead atoms. The van der Waals surface area contributed by atoms with E-state index in [9.17, 15) is 22.8 Å². The number of amides is 1. The number of benzene rings is 2. The number of rotatable bonds is 7. The van der Waals surface area contributed by atoms with Crippen molar-refractivity contribution in [1.29, 1.82) is 0 Å². The Kier molecular flexibility index (Phi) is 6.96. The number of aryl methyl sites for hydroxylation is 1. The maximum absolute atomic E-state index is 13.0. The highest BCUT2D eigenvalue weighted by Gasteiger charge is 2.30. The molecule has 0 aliphatic heterocycles. The number of hydrogen-bond acceptors (Lipinski definition) is 6. The van der Waals surface area contributed by atoms with Crippen LogP contribution in [0.4, 0.5) is 13.2 Å². The number of fused-ring (bicyclic) bond motifs is 1.